The highest BCUT2D eigenvalue weighted by atomic mass is 79.9. The van der Waals surface area contributed by atoms with Gasteiger partial charge in [-0.15, -0.1) is 0 Å². The van der Waals surface area contributed by atoms with Crippen molar-refractivity contribution in [1.29, 1.82) is 0 Å². The lowest BCUT2D eigenvalue weighted by atomic mass is 10.2. The van der Waals surface area contributed by atoms with Crippen molar-refractivity contribution in [2.24, 2.45) is 5.10 Å². The lowest BCUT2D eigenvalue weighted by Crippen LogP contribution is -2.24. The van der Waals surface area contributed by atoms with E-state index in [0.29, 0.717) is 21.5 Å². The number of halogens is 2. The first-order valence-corrected chi connectivity index (χ1v) is 8.35. The van der Waals surface area contributed by atoms with E-state index < -0.39 is 5.91 Å². The molecule has 0 saturated carbocycles. The van der Waals surface area contributed by atoms with E-state index >= 15 is 0 Å². The van der Waals surface area contributed by atoms with Gasteiger partial charge in [-0.25, -0.2) is 5.43 Å². The number of nitrogens with one attached hydrogen (secondary N) is 1. The molecule has 1 amide bonds. The van der Waals surface area contributed by atoms with Gasteiger partial charge in [0.25, 0.3) is 5.91 Å². The van der Waals surface area contributed by atoms with Crippen LogP contribution < -0.4 is 14.9 Å². The highest BCUT2D eigenvalue weighted by molar-refractivity contribution is 9.11. The molecular formula is C16H14Br2N2O4. The maximum Gasteiger partial charge on any atom is 0.277 e. The van der Waals surface area contributed by atoms with Gasteiger partial charge in [0.15, 0.2) is 18.1 Å². The van der Waals surface area contributed by atoms with E-state index in [9.17, 15) is 9.90 Å². The number of methoxy groups -OCH3 is 1. The number of hydrogen-bond donors (Lipinski definition) is 2. The van der Waals surface area contributed by atoms with E-state index in [1.165, 1.54) is 19.4 Å². The molecule has 2 rings (SSSR count). The Hall–Kier alpha value is -2.06. The highest BCUT2D eigenvalue weighted by Crippen LogP contribution is 2.38. The molecule has 6 nitrogen and oxygen atoms in total. The van der Waals surface area contributed by atoms with Gasteiger partial charge in [0.2, 0.25) is 0 Å². The molecule has 0 bridgehead atoms. The number of carbonyl (C=O) groups excluding carboxylic acids is 1. The zero-order valence-electron chi connectivity index (χ0n) is 12.6. The van der Waals surface area contributed by atoms with Crippen molar-refractivity contribution in [2.45, 2.75) is 0 Å². The average Bonchev–Trinajstić information content (AvgIpc) is 2.55. The normalized spacial score (nSPS) is 10.6. The second-order valence-electron chi connectivity index (χ2n) is 4.56. The maximum absolute atomic E-state index is 11.8. The Morgan fingerprint density at radius 2 is 2.08 bits per heavy atom. The Labute approximate surface area is 155 Å². The number of carbonyl (C=O) groups is 1. The van der Waals surface area contributed by atoms with Gasteiger partial charge in [-0.1, -0.05) is 28.1 Å². The van der Waals surface area contributed by atoms with E-state index in [1.54, 1.807) is 30.3 Å². The van der Waals surface area contributed by atoms with Gasteiger partial charge in [-0.3, -0.25) is 4.79 Å². The van der Waals surface area contributed by atoms with E-state index in [4.69, 9.17) is 9.47 Å². The van der Waals surface area contributed by atoms with Crippen LogP contribution in [-0.4, -0.2) is 30.9 Å². The van der Waals surface area contributed by atoms with Crippen molar-refractivity contribution in [1.82, 2.24) is 5.43 Å². The fourth-order valence-corrected chi connectivity index (χ4v) is 3.07. The number of amides is 1. The minimum Gasteiger partial charge on any atom is -0.507 e. The van der Waals surface area contributed by atoms with Crippen LogP contribution in [0.3, 0.4) is 0 Å². The smallest absolute Gasteiger partial charge is 0.277 e. The zero-order chi connectivity index (χ0) is 17.5. The Kier molecular flexibility index (Phi) is 6.62. The topological polar surface area (TPSA) is 80.2 Å². The Morgan fingerprint density at radius 3 is 2.79 bits per heavy atom. The Bertz CT molecular complexity index is 766. The average molecular weight is 458 g/mol. The predicted octanol–water partition coefficient (Wildman–Crippen LogP) is 3.45. The van der Waals surface area contributed by atoms with Crippen LogP contribution in [-0.2, 0) is 4.79 Å². The Morgan fingerprint density at radius 1 is 1.33 bits per heavy atom. The Balaban J connectivity index is 1.93. The summed E-state index contributed by atoms with van der Waals surface area (Å²) in [6, 6.07) is 10.2. The number of phenolic OH excluding ortho intramolecular Hbond substituents is 1. The van der Waals surface area contributed by atoms with Crippen LogP contribution in [0, 0.1) is 0 Å². The molecule has 2 N–H and O–H groups in total. The van der Waals surface area contributed by atoms with Crippen LogP contribution in [0.25, 0.3) is 0 Å². The number of hydrazone groups is 1. The summed E-state index contributed by atoms with van der Waals surface area (Å²) in [5.41, 5.74) is 2.82. The minimum atomic E-state index is -0.446. The van der Waals surface area contributed by atoms with Gasteiger partial charge in [0.1, 0.15) is 5.75 Å². The third-order valence-corrected chi connectivity index (χ3v) is 3.92. The van der Waals surface area contributed by atoms with Gasteiger partial charge >= 0.3 is 0 Å². The highest BCUT2D eigenvalue weighted by Gasteiger charge is 2.12. The molecule has 8 heteroatoms. The van der Waals surface area contributed by atoms with Crippen molar-refractivity contribution in [2.75, 3.05) is 13.7 Å². The van der Waals surface area contributed by atoms with E-state index in [-0.39, 0.29) is 12.4 Å². The summed E-state index contributed by atoms with van der Waals surface area (Å²) in [6.07, 6.45) is 1.35. The molecule has 0 heterocycles. The molecule has 0 unspecified atom stereocenters. The molecule has 0 atom stereocenters. The van der Waals surface area contributed by atoms with Gasteiger partial charge in [-0.2, -0.15) is 5.10 Å². The van der Waals surface area contributed by atoms with Gasteiger partial charge in [0.05, 0.1) is 17.8 Å². The molecule has 2 aromatic carbocycles. The second kappa shape index (κ2) is 8.70. The summed E-state index contributed by atoms with van der Waals surface area (Å²) in [5, 5.41) is 13.4. The molecule has 0 aromatic heterocycles. The summed E-state index contributed by atoms with van der Waals surface area (Å²) in [6.45, 7) is -0.241. The standard InChI is InChI=1S/C16H14Br2N2O4/c1-23-14-7-11(17)6-12(18)16(14)24-9-15(22)20-19-8-10-4-2-3-5-13(10)21/h2-8,21H,9H2,1H3,(H,20,22)/b19-8-. The lowest BCUT2D eigenvalue weighted by Gasteiger charge is -2.12. The number of hydrogen-bond acceptors (Lipinski definition) is 5. The molecule has 0 radical (unpaired) electrons. The number of phenols is 1. The van der Waals surface area contributed by atoms with Crippen LogP contribution >= 0.6 is 31.9 Å². The summed E-state index contributed by atoms with van der Waals surface area (Å²) in [7, 11) is 1.51. The summed E-state index contributed by atoms with van der Waals surface area (Å²) < 4.78 is 12.2. The lowest BCUT2D eigenvalue weighted by molar-refractivity contribution is -0.123. The number of aromatic hydroxyl groups is 1. The largest absolute Gasteiger partial charge is 0.507 e. The van der Waals surface area contributed by atoms with Crippen LogP contribution in [0.2, 0.25) is 0 Å². The number of rotatable bonds is 6. The third kappa shape index (κ3) is 4.97. The van der Waals surface area contributed by atoms with Crippen LogP contribution in [0.15, 0.2) is 50.4 Å². The SMILES string of the molecule is COc1cc(Br)cc(Br)c1OCC(=O)N/N=C\c1ccccc1O. The third-order valence-electron chi connectivity index (χ3n) is 2.87. The molecule has 0 fully saturated rings. The van der Waals surface area contributed by atoms with Crippen LogP contribution in [0.5, 0.6) is 17.2 Å². The molecule has 0 spiro atoms. The van der Waals surface area contributed by atoms with Crippen LogP contribution in [0.1, 0.15) is 5.56 Å². The van der Waals surface area contributed by atoms with Crippen molar-refractivity contribution in [3.63, 3.8) is 0 Å². The summed E-state index contributed by atoms with van der Waals surface area (Å²) in [5.74, 6) is 0.538. The fraction of sp³-hybridized carbons (Fsp3) is 0.125. The van der Waals surface area contributed by atoms with Gasteiger partial charge in [-0.05, 0) is 40.2 Å². The van der Waals surface area contributed by atoms with E-state index in [0.717, 1.165) is 4.47 Å². The van der Waals surface area contributed by atoms with Crippen molar-refractivity contribution < 1.29 is 19.4 Å². The molecule has 0 aliphatic heterocycles. The summed E-state index contributed by atoms with van der Waals surface area (Å²) >= 11 is 6.70. The quantitative estimate of drug-likeness (QED) is 0.514. The first kappa shape index (κ1) is 18.3. The molecule has 126 valence electrons. The second-order valence-corrected chi connectivity index (χ2v) is 6.33. The molecule has 24 heavy (non-hydrogen) atoms. The fourth-order valence-electron chi connectivity index (χ4n) is 1.77. The molecule has 0 aliphatic rings. The van der Waals surface area contributed by atoms with Crippen LogP contribution in [0.4, 0.5) is 0 Å². The molecular weight excluding hydrogens is 444 g/mol. The number of nitrogens with zero attached hydrogens (tertiary/aromatic N) is 1. The van der Waals surface area contributed by atoms with E-state index in [2.05, 4.69) is 42.4 Å². The predicted molar refractivity (Wildman–Crippen MR) is 97.7 cm³/mol. The molecule has 0 aliphatic carbocycles. The zero-order valence-corrected chi connectivity index (χ0v) is 15.8. The minimum absolute atomic E-state index is 0.0790. The first-order valence-electron chi connectivity index (χ1n) is 6.77. The van der Waals surface area contributed by atoms with Gasteiger partial charge < -0.3 is 14.6 Å². The van der Waals surface area contributed by atoms with E-state index in [1.807, 2.05) is 0 Å². The summed E-state index contributed by atoms with van der Waals surface area (Å²) in [4.78, 5) is 11.8. The molecule has 0 saturated heterocycles. The first-order chi connectivity index (χ1) is 11.5. The number of benzene rings is 2. The molecule has 2 aromatic rings. The van der Waals surface area contributed by atoms with Crippen molar-refractivity contribution in [3.8, 4) is 17.2 Å². The van der Waals surface area contributed by atoms with Crippen molar-refractivity contribution in [3.05, 3.63) is 50.9 Å². The van der Waals surface area contributed by atoms with Crippen molar-refractivity contribution >= 4 is 44.0 Å². The maximum atomic E-state index is 11.8. The number of ether oxygens (including phenoxy) is 2. The number of para-hydroxylation sites is 1. The monoisotopic (exact) mass is 456 g/mol. The van der Waals surface area contributed by atoms with Gasteiger partial charge in [0, 0.05) is 10.0 Å².